The van der Waals surface area contributed by atoms with Gasteiger partial charge in [-0.15, -0.1) is 0 Å². The van der Waals surface area contributed by atoms with E-state index < -0.39 is 5.92 Å². The molecule has 2 heterocycles. The van der Waals surface area contributed by atoms with Crippen molar-refractivity contribution in [1.29, 1.82) is 0 Å². The molecule has 1 aromatic carbocycles. The van der Waals surface area contributed by atoms with Crippen LogP contribution in [0.2, 0.25) is 10.2 Å². The zero-order valence-corrected chi connectivity index (χ0v) is 17.7. The summed E-state index contributed by atoms with van der Waals surface area (Å²) in [4.78, 5) is 28.7. The first-order valence-corrected chi connectivity index (χ1v) is 9.55. The lowest BCUT2D eigenvalue weighted by molar-refractivity contribution is -0.135. The first-order chi connectivity index (χ1) is 13.2. The molecule has 1 aromatic heterocycles. The van der Waals surface area contributed by atoms with Gasteiger partial charge in [-0.2, -0.15) is 5.10 Å². The predicted molar refractivity (Wildman–Crippen MR) is 108 cm³/mol. The normalized spacial score (nSPS) is 16.6. The number of carbonyl (C=O) groups is 2. The molecule has 1 saturated heterocycles. The van der Waals surface area contributed by atoms with Crippen LogP contribution in [-0.4, -0.2) is 47.2 Å². The molecule has 7 nitrogen and oxygen atoms in total. The van der Waals surface area contributed by atoms with E-state index in [2.05, 4.69) is 5.10 Å². The van der Waals surface area contributed by atoms with Crippen molar-refractivity contribution in [3.8, 4) is 5.75 Å². The van der Waals surface area contributed by atoms with Crippen molar-refractivity contribution in [2.45, 2.75) is 19.9 Å². The standard InChI is InChI=1S/C19H22Cl2N4O3/c1-11-14(18(21)24(3)22-11)10-23(2)19(27)12-7-17(26)25(9-12)15-8-13(20)5-6-16(15)28-4/h5-6,8,12H,7,9-10H2,1-4H3/t12-/m0/s1. The Bertz CT molecular complexity index is 928. The maximum atomic E-state index is 12.9. The third kappa shape index (κ3) is 3.82. The van der Waals surface area contributed by atoms with E-state index in [4.69, 9.17) is 27.9 Å². The molecular formula is C19H22Cl2N4O3. The van der Waals surface area contributed by atoms with Crippen LogP contribution in [0.4, 0.5) is 5.69 Å². The quantitative estimate of drug-likeness (QED) is 0.739. The zero-order chi connectivity index (χ0) is 20.6. The van der Waals surface area contributed by atoms with Crippen LogP contribution in [0.15, 0.2) is 18.2 Å². The van der Waals surface area contributed by atoms with E-state index >= 15 is 0 Å². The summed E-state index contributed by atoms with van der Waals surface area (Å²) in [6, 6.07) is 5.08. The van der Waals surface area contributed by atoms with E-state index in [1.165, 1.54) is 7.11 Å². The fourth-order valence-electron chi connectivity index (χ4n) is 3.46. The summed E-state index contributed by atoms with van der Waals surface area (Å²) in [6.07, 6.45) is 0.137. The Morgan fingerprint density at radius 3 is 2.71 bits per heavy atom. The summed E-state index contributed by atoms with van der Waals surface area (Å²) in [5.74, 6) is -0.159. The highest BCUT2D eigenvalue weighted by Crippen LogP contribution is 2.35. The molecule has 0 N–H and O–H groups in total. The van der Waals surface area contributed by atoms with Crippen molar-refractivity contribution in [1.82, 2.24) is 14.7 Å². The van der Waals surface area contributed by atoms with Crippen LogP contribution in [-0.2, 0) is 23.2 Å². The average molecular weight is 425 g/mol. The lowest BCUT2D eigenvalue weighted by Crippen LogP contribution is -2.34. The molecule has 1 atom stereocenters. The molecule has 1 fully saturated rings. The number of benzene rings is 1. The SMILES string of the molecule is COc1ccc(Cl)cc1N1C[C@@H](C(=O)N(C)Cc2c(C)nn(C)c2Cl)CC1=O. The van der Waals surface area contributed by atoms with Gasteiger partial charge in [-0.1, -0.05) is 23.2 Å². The van der Waals surface area contributed by atoms with E-state index in [0.29, 0.717) is 28.2 Å². The van der Waals surface area contributed by atoms with Gasteiger partial charge in [0.05, 0.1) is 31.0 Å². The minimum Gasteiger partial charge on any atom is -0.495 e. The van der Waals surface area contributed by atoms with E-state index in [0.717, 1.165) is 11.3 Å². The van der Waals surface area contributed by atoms with Gasteiger partial charge in [-0.25, -0.2) is 0 Å². The second kappa shape index (κ2) is 8.01. The maximum absolute atomic E-state index is 12.9. The van der Waals surface area contributed by atoms with E-state index in [9.17, 15) is 9.59 Å². The molecule has 2 aromatic rings. The molecular weight excluding hydrogens is 403 g/mol. The van der Waals surface area contributed by atoms with Gasteiger partial charge in [0, 0.05) is 37.6 Å². The summed E-state index contributed by atoms with van der Waals surface area (Å²) < 4.78 is 6.92. The summed E-state index contributed by atoms with van der Waals surface area (Å²) in [7, 11) is 4.99. The van der Waals surface area contributed by atoms with Crippen LogP contribution in [0.3, 0.4) is 0 Å². The van der Waals surface area contributed by atoms with Crippen molar-refractivity contribution in [3.63, 3.8) is 0 Å². The first-order valence-electron chi connectivity index (χ1n) is 8.79. The molecule has 3 rings (SSSR count). The highest BCUT2D eigenvalue weighted by Gasteiger charge is 2.37. The molecule has 2 amide bonds. The molecule has 0 saturated carbocycles. The number of aryl methyl sites for hydroxylation is 2. The van der Waals surface area contributed by atoms with Crippen molar-refractivity contribution in [2.24, 2.45) is 13.0 Å². The Morgan fingerprint density at radius 1 is 1.39 bits per heavy atom. The Morgan fingerprint density at radius 2 is 2.11 bits per heavy atom. The summed E-state index contributed by atoms with van der Waals surface area (Å²) in [5.41, 5.74) is 2.15. The molecule has 150 valence electrons. The van der Waals surface area contributed by atoms with E-state index in [1.54, 1.807) is 46.8 Å². The van der Waals surface area contributed by atoms with Gasteiger partial charge >= 0.3 is 0 Å². The van der Waals surface area contributed by atoms with Gasteiger partial charge in [0.2, 0.25) is 11.8 Å². The number of aromatic nitrogens is 2. The number of amides is 2. The Kier molecular flexibility index (Phi) is 5.86. The minimum absolute atomic E-state index is 0.115. The zero-order valence-electron chi connectivity index (χ0n) is 16.2. The summed E-state index contributed by atoms with van der Waals surface area (Å²) in [6.45, 7) is 2.47. The molecule has 0 radical (unpaired) electrons. The van der Waals surface area contributed by atoms with Gasteiger partial charge in [0.25, 0.3) is 0 Å². The number of carbonyl (C=O) groups excluding carboxylic acids is 2. The number of nitrogens with zero attached hydrogens (tertiary/aromatic N) is 4. The van der Waals surface area contributed by atoms with Gasteiger partial charge < -0.3 is 14.5 Å². The molecule has 0 aliphatic carbocycles. The molecule has 0 spiro atoms. The number of methoxy groups -OCH3 is 1. The fourth-order valence-corrected chi connectivity index (χ4v) is 3.86. The molecule has 28 heavy (non-hydrogen) atoms. The van der Waals surface area contributed by atoms with Crippen LogP contribution >= 0.6 is 23.2 Å². The molecule has 1 aliphatic heterocycles. The van der Waals surface area contributed by atoms with Crippen LogP contribution in [0.1, 0.15) is 17.7 Å². The molecule has 0 unspecified atom stereocenters. The number of halogens is 2. The third-order valence-corrected chi connectivity index (χ3v) is 5.66. The minimum atomic E-state index is -0.447. The third-order valence-electron chi connectivity index (χ3n) is 4.95. The fraction of sp³-hybridized carbons (Fsp3) is 0.421. The Hall–Kier alpha value is -2.25. The predicted octanol–water partition coefficient (Wildman–Crippen LogP) is 3.06. The molecule has 9 heteroatoms. The van der Waals surface area contributed by atoms with Crippen LogP contribution < -0.4 is 9.64 Å². The smallest absolute Gasteiger partial charge is 0.228 e. The van der Waals surface area contributed by atoms with Crippen molar-refractivity contribution in [2.75, 3.05) is 25.6 Å². The number of rotatable bonds is 5. The van der Waals surface area contributed by atoms with Crippen molar-refractivity contribution < 1.29 is 14.3 Å². The monoisotopic (exact) mass is 424 g/mol. The van der Waals surface area contributed by atoms with Gasteiger partial charge in [0.15, 0.2) is 0 Å². The van der Waals surface area contributed by atoms with Crippen LogP contribution in [0.25, 0.3) is 0 Å². The van der Waals surface area contributed by atoms with Crippen molar-refractivity contribution >= 4 is 40.7 Å². The number of ether oxygens (including phenoxy) is 1. The largest absolute Gasteiger partial charge is 0.495 e. The van der Waals surface area contributed by atoms with Crippen molar-refractivity contribution in [3.05, 3.63) is 39.6 Å². The number of hydrogen-bond donors (Lipinski definition) is 0. The van der Waals surface area contributed by atoms with Gasteiger partial charge in [0.1, 0.15) is 10.9 Å². The van der Waals surface area contributed by atoms with Crippen LogP contribution in [0, 0.1) is 12.8 Å². The van der Waals surface area contributed by atoms with Gasteiger partial charge in [-0.05, 0) is 25.1 Å². The first kappa shape index (κ1) is 20.5. The topological polar surface area (TPSA) is 67.7 Å². The Balaban J connectivity index is 1.76. The lowest BCUT2D eigenvalue weighted by atomic mass is 10.1. The van der Waals surface area contributed by atoms with E-state index in [-0.39, 0.29) is 24.8 Å². The Labute approximate surface area is 173 Å². The summed E-state index contributed by atoms with van der Waals surface area (Å²) in [5, 5.41) is 5.27. The molecule has 0 bridgehead atoms. The highest BCUT2D eigenvalue weighted by atomic mass is 35.5. The second-order valence-corrected chi connectivity index (χ2v) is 7.69. The maximum Gasteiger partial charge on any atom is 0.228 e. The second-order valence-electron chi connectivity index (χ2n) is 6.89. The molecule has 1 aliphatic rings. The number of anilines is 1. The van der Waals surface area contributed by atoms with E-state index in [1.807, 2.05) is 6.92 Å². The number of hydrogen-bond acceptors (Lipinski definition) is 4. The van der Waals surface area contributed by atoms with Crippen LogP contribution in [0.5, 0.6) is 5.75 Å². The lowest BCUT2D eigenvalue weighted by Gasteiger charge is -2.22. The van der Waals surface area contributed by atoms with Gasteiger partial charge in [-0.3, -0.25) is 14.3 Å². The average Bonchev–Trinajstić information content (AvgIpc) is 3.15. The summed E-state index contributed by atoms with van der Waals surface area (Å²) >= 11 is 12.4. The highest BCUT2D eigenvalue weighted by molar-refractivity contribution is 6.31.